The van der Waals surface area contributed by atoms with Crippen molar-refractivity contribution in [1.82, 2.24) is 0 Å². The molecule has 0 heterocycles. The monoisotopic (exact) mass is 282 g/mol. The molecule has 0 bridgehead atoms. The van der Waals surface area contributed by atoms with Crippen molar-refractivity contribution in [3.05, 3.63) is 0 Å². The molecule has 2 nitrogen and oxygen atoms in total. The summed E-state index contributed by atoms with van der Waals surface area (Å²) in [5, 5.41) is 0. The molecule has 0 amide bonds. The number of alkyl halides is 3. The standard InChI is InChI=1S/C2Cl4O2.Rb.H/c3-2(4,5)1(7)8-6;;/q;+1;-1. The second-order valence-electron chi connectivity index (χ2n) is 0.862. The van der Waals surface area contributed by atoms with Crippen molar-refractivity contribution >= 4 is 52.6 Å². The molecule has 0 aliphatic rings. The zero-order chi connectivity index (χ0) is 6.78. The topological polar surface area (TPSA) is 26.3 Å². The second-order valence-corrected chi connectivity index (χ2v) is 3.30. The summed E-state index contributed by atoms with van der Waals surface area (Å²) in [6.45, 7) is 0. The SMILES string of the molecule is O=C(OCl)C(Cl)(Cl)Cl.[H-].[Rb+]. The number of carbonyl (C=O) groups is 1. The van der Waals surface area contributed by atoms with E-state index in [0.29, 0.717) is 0 Å². The van der Waals surface area contributed by atoms with Gasteiger partial charge in [-0.05, 0) is 0 Å². The summed E-state index contributed by atoms with van der Waals surface area (Å²) in [4.78, 5) is 10.1. The Labute approximate surface area is 123 Å². The Morgan fingerprint density at radius 2 is 1.78 bits per heavy atom. The van der Waals surface area contributed by atoms with Crippen LogP contribution in [0.15, 0.2) is 0 Å². The molecule has 0 spiro atoms. The van der Waals surface area contributed by atoms with Crippen LogP contribution in [0.1, 0.15) is 1.43 Å². The molecule has 0 aliphatic carbocycles. The number of hydrogen-bond donors (Lipinski definition) is 0. The quantitative estimate of drug-likeness (QED) is 0.543. The van der Waals surface area contributed by atoms with Crippen molar-refractivity contribution in [2.24, 2.45) is 0 Å². The molecule has 0 aromatic heterocycles. The molecule has 0 N–H and O–H groups in total. The van der Waals surface area contributed by atoms with Gasteiger partial charge in [0.1, 0.15) is 11.9 Å². The number of hydrogen-bond acceptors (Lipinski definition) is 2. The van der Waals surface area contributed by atoms with Gasteiger partial charge in [0, 0.05) is 0 Å². The van der Waals surface area contributed by atoms with Crippen LogP contribution in [0.2, 0.25) is 0 Å². The molecule has 0 fully saturated rings. The third-order valence-corrected chi connectivity index (χ3v) is 0.905. The molecular weight excluding hydrogens is 283 g/mol. The van der Waals surface area contributed by atoms with Gasteiger partial charge in [0.2, 0.25) is 0 Å². The van der Waals surface area contributed by atoms with Crippen LogP contribution in [0.5, 0.6) is 0 Å². The molecule has 0 unspecified atom stereocenters. The predicted octanol–water partition coefficient (Wildman–Crippen LogP) is -0.830. The first-order valence-corrected chi connectivity index (χ1v) is 2.82. The predicted molar refractivity (Wildman–Crippen MR) is 33.3 cm³/mol. The Hall–Kier alpha value is 2.44. The minimum atomic E-state index is -2.07. The van der Waals surface area contributed by atoms with Gasteiger partial charge in [0.05, 0.1) is 0 Å². The van der Waals surface area contributed by atoms with Gasteiger partial charge in [-0.3, -0.25) is 0 Å². The van der Waals surface area contributed by atoms with E-state index in [1.165, 1.54) is 0 Å². The van der Waals surface area contributed by atoms with Crippen LogP contribution in [0.25, 0.3) is 0 Å². The van der Waals surface area contributed by atoms with E-state index in [4.69, 9.17) is 34.8 Å². The summed E-state index contributed by atoms with van der Waals surface area (Å²) >= 11 is 19.4. The normalized spacial score (nSPS) is 9.78. The smallest absolute Gasteiger partial charge is 1.00 e. The van der Waals surface area contributed by atoms with Gasteiger partial charge < -0.3 is 5.72 Å². The van der Waals surface area contributed by atoms with Gasteiger partial charge in [-0.1, -0.05) is 34.8 Å². The Balaban J connectivity index is -0.000000245. The van der Waals surface area contributed by atoms with Crippen molar-refractivity contribution in [2.45, 2.75) is 3.79 Å². The Bertz CT molecular complexity index is 104. The summed E-state index contributed by atoms with van der Waals surface area (Å²) in [5.41, 5.74) is 0. The minimum absolute atomic E-state index is 0. The molecule has 0 saturated heterocycles. The van der Waals surface area contributed by atoms with E-state index in [1.54, 1.807) is 0 Å². The van der Waals surface area contributed by atoms with Gasteiger partial charge in [-0.15, -0.1) is 0 Å². The van der Waals surface area contributed by atoms with Crippen molar-refractivity contribution in [3.8, 4) is 0 Å². The summed E-state index contributed by atoms with van der Waals surface area (Å²) < 4.78 is 1.48. The maximum atomic E-state index is 10.1. The number of halogens is 4. The number of carbonyl (C=O) groups excluding carboxylic acids is 1. The minimum Gasteiger partial charge on any atom is -1.00 e. The van der Waals surface area contributed by atoms with Crippen LogP contribution >= 0.6 is 46.7 Å². The maximum absolute atomic E-state index is 10.1. The van der Waals surface area contributed by atoms with Crippen LogP contribution in [0, 0.1) is 0 Å². The van der Waals surface area contributed by atoms with Crippen molar-refractivity contribution < 1.29 is 68.7 Å². The van der Waals surface area contributed by atoms with E-state index in [0.717, 1.165) is 0 Å². The van der Waals surface area contributed by atoms with Crippen LogP contribution in [0.3, 0.4) is 0 Å². The van der Waals surface area contributed by atoms with E-state index >= 15 is 0 Å². The average Bonchev–Trinajstić information content (AvgIpc) is 1.62. The van der Waals surface area contributed by atoms with Gasteiger partial charge in [-0.2, -0.15) is 0 Å². The Morgan fingerprint density at radius 1 is 1.44 bits per heavy atom. The fourth-order valence-electron chi connectivity index (χ4n) is 0.0437. The Kier molecular flexibility index (Phi) is 9.34. The van der Waals surface area contributed by atoms with Gasteiger partial charge in [-0.25, -0.2) is 4.79 Å². The first kappa shape index (κ1) is 14.0. The first-order chi connectivity index (χ1) is 3.48. The summed E-state index contributed by atoms with van der Waals surface area (Å²) in [6, 6.07) is 0. The molecule has 7 heteroatoms. The van der Waals surface area contributed by atoms with Crippen molar-refractivity contribution in [1.29, 1.82) is 0 Å². The summed E-state index contributed by atoms with van der Waals surface area (Å²) in [5.74, 6) is -1.11. The van der Waals surface area contributed by atoms with Crippen LogP contribution in [0.4, 0.5) is 0 Å². The molecule has 0 rings (SSSR count). The van der Waals surface area contributed by atoms with E-state index in [-0.39, 0.29) is 59.6 Å². The fraction of sp³-hybridized carbons (Fsp3) is 0.500. The molecule has 0 saturated carbocycles. The molecule has 0 aromatic rings. The maximum Gasteiger partial charge on any atom is 1.00 e. The third kappa shape index (κ3) is 6.82. The zero-order valence-corrected chi connectivity index (χ0v) is 12.3. The van der Waals surface area contributed by atoms with Crippen LogP contribution in [-0.2, 0) is 9.08 Å². The van der Waals surface area contributed by atoms with Gasteiger partial charge in [0.15, 0.2) is 0 Å². The van der Waals surface area contributed by atoms with E-state index in [2.05, 4.69) is 16.2 Å². The average molecular weight is 284 g/mol. The molecule has 9 heavy (non-hydrogen) atoms. The largest absolute Gasteiger partial charge is 1.00 e. The second kappa shape index (κ2) is 6.01. The van der Waals surface area contributed by atoms with Gasteiger partial charge in [0.25, 0.3) is 3.79 Å². The summed E-state index contributed by atoms with van der Waals surface area (Å²) in [6.07, 6.45) is 0. The molecule has 0 aliphatic heterocycles. The third-order valence-electron chi connectivity index (χ3n) is 0.302. The van der Waals surface area contributed by atoms with E-state index < -0.39 is 9.76 Å². The van der Waals surface area contributed by atoms with E-state index in [1.807, 2.05) is 0 Å². The Morgan fingerprint density at radius 3 is 1.78 bits per heavy atom. The fourth-order valence-corrected chi connectivity index (χ4v) is 0.394. The van der Waals surface area contributed by atoms with Crippen LogP contribution in [-0.4, -0.2) is 9.76 Å². The van der Waals surface area contributed by atoms with Crippen LogP contribution < -0.4 is 58.2 Å². The first-order valence-electron chi connectivity index (χ1n) is 1.38. The molecule has 50 valence electrons. The van der Waals surface area contributed by atoms with Crippen molar-refractivity contribution in [2.75, 3.05) is 0 Å². The van der Waals surface area contributed by atoms with Crippen molar-refractivity contribution in [3.63, 3.8) is 0 Å². The number of rotatable bonds is 0. The summed E-state index contributed by atoms with van der Waals surface area (Å²) in [7, 11) is 0. The molecule has 0 aromatic carbocycles. The molecule has 0 radical (unpaired) electrons. The molecule has 0 atom stereocenters. The van der Waals surface area contributed by atoms with Gasteiger partial charge >= 0.3 is 64.2 Å². The van der Waals surface area contributed by atoms with E-state index in [9.17, 15) is 4.79 Å². The molecular formula is C2HCl4O2Rb. The zero-order valence-electron chi connectivity index (χ0n) is 5.33.